The second-order valence-electron chi connectivity index (χ2n) is 12.7. The van der Waals surface area contributed by atoms with Crippen LogP contribution in [0.1, 0.15) is 65.2 Å². The van der Waals surface area contributed by atoms with Gasteiger partial charge in [0.15, 0.2) is 5.78 Å². The second-order valence-corrected chi connectivity index (χ2v) is 13.1. The number of halogens is 1. The Labute approximate surface area is 227 Å². The highest BCUT2D eigenvalue weighted by atomic mass is 35.5. The van der Waals surface area contributed by atoms with Crippen LogP contribution >= 0.6 is 11.6 Å². The number of allylic oxidation sites excluding steroid dienone is 1. The topological polar surface area (TPSA) is 101 Å². The first-order valence-corrected chi connectivity index (χ1v) is 14.1. The molecule has 3 aliphatic heterocycles. The zero-order valence-corrected chi connectivity index (χ0v) is 22.5. The molecule has 2 saturated heterocycles. The number of aliphatic imine (C=N–C) groups is 1. The van der Waals surface area contributed by atoms with E-state index in [9.17, 15) is 20.1 Å². The van der Waals surface area contributed by atoms with Gasteiger partial charge in [-0.1, -0.05) is 31.9 Å². The highest BCUT2D eigenvalue weighted by molar-refractivity contribution is 6.30. The molecule has 1 amide bonds. The number of fused-ring (bicyclic) bond motifs is 7. The number of nitriles is 2. The number of hydrogen-bond donors (Lipinski definition) is 0. The van der Waals surface area contributed by atoms with Crippen molar-refractivity contribution >= 4 is 34.8 Å². The van der Waals surface area contributed by atoms with Crippen LogP contribution in [0.5, 0.6) is 0 Å². The number of ketones is 1. The lowest BCUT2D eigenvalue weighted by Gasteiger charge is -2.65. The number of benzene rings is 1. The third-order valence-corrected chi connectivity index (χ3v) is 10.4. The minimum Gasteiger partial charge on any atom is -0.328 e. The Bertz CT molecular complexity index is 1430. The van der Waals surface area contributed by atoms with Crippen molar-refractivity contribution in [1.29, 1.82) is 10.5 Å². The molecule has 3 aliphatic carbocycles. The summed E-state index contributed by atoms with van der Waals surface area (Å²) in [6.07, 6.45) is 4.85. The van der Waals surface area contributed by atoms with Crippen molar-refractivity contribution in [2.45, 2.75) is 77.5 Å². The van der Waals surface area contributed by atoms with Crippen molar-refractivity contribution in [2.24, 2.45) is 33.1 Å². The van der Waals surface area contributed by atoms with Gasteiger partial charge in [-0.2, -0.15) is 10.5 Å². The van der Waals surface area contributed by atoms with Gasteiger partial charge < -0.3 is 4.90 Å². The number of nitrogens with zero attached hydrogens (tertiary/aromatic N) is 5. The van der Waals surface area contributed by atoms with Gasteiger partial charge in [-0.25, -0.2) is 4.99 Å². The first-order chi connectivity index (χ1) is 18.2. The molecule has 0 spiro atoms. The molecule has 8 heteroatoms. The van der Waals surface area contributed by atoms with Gasteiger partial charge >= 0.3 is 0 Å². The standard InChI is InChI=1S/C30H30ClN5O2/c1-28(2)13-20-25(21(37)14-28)19-5-3-6-22-29(20,15-32)26-34-23-7-4-8-24(36(26)27(38)30(19,22)16-33)35(23)18-11-9-17(31)10-12-18/h9-12,19,22-24H,3-8,13-14H2,1-2H3. The minimum absolute atomic E-state index is 0.00138. The fourth-order valence-electron chi connectivity index (χ4n) is 8.81. The maximum absolute atomic E-state index is 14.8. The largest absolute Gasteiger partial charge is 0.328 e. The van der Waals surface area contributed by atoms with Gasteiger partial charge in [-0.05, 0) is 73.8 Å². The van der Waals surface area contributed by atoms with E-state index in [0.717, 1.165) is 36.9 Å². The van der Waals surface area contributed by atoms with Crippen LogP contribution in [0.4, 0.5) is 5.69 Å². The van der Waals surface area contributed by atoms with Crippen LogP contribution < -0.4 is 4.90 Å². The van der Waals surface area contributed by atoms with Gasteiger partial charge in [0, 0.05) is 34.5 Å². The average Bonchev–Trinajstić information content (AvgIpc) is 2.87. The lowest BCUT2D eigenvalue weighted by Crippen LogP contribution is -2.77. The number of anilines is 1. The molecule has 0 N–H and O–H groups in total. The molecule has 1 aromatic carbocycles. The van der Waals surface area contributed by atoms with Crippen molar-refractivity contribution in [3.8, 4) is 12.1 Å². The van der Waals surface area contributed by atoms with Crippen LogP contribution in [0.2, 0.25) is 5.02 Å². The highest BCUT2D eigenvalue weighted by Gasteiger charge is 2.76. The maximum atomic E-state index is 14.8. The Hall–Kier alpha value is -3.16. The minimum atomic E-state index is -1.43. The van der Waals surface area contributed by atoms with E-state index in [-0.39, 0.29) is 29.4 Å². The molecule has 194 valence electrons. The Morgan fingerprint density at radius 2 is 1.74 bits per heavy atom. The van der Waals surface area contributed by atoms with E-state index in [2.05, 4.69) is 30.9 Å². The van der Waals surface area contributed by atoms with Crippen molar-refractivity contribution in [3.05, 3.63) is 40.4 Å². The molecule has 3 heterocycles. The van der Waals surface area contributed by atoms with E-state index in [0.29, 0.717) is 42.1 Å². The molecule has 6 aliphatic rings. The summed E-state index contributed by atoms with van der Waals surface area (Å²) in [7, 11) is 0. The van der Waals surface area contributed by atoms with Gasteiger partial charge in [0.25, 0.3) is 5.91 Å². The predicted molar refractivity (Wildman–Crippen MR) is 142 cm³/mol. The average molecular weight is 528 g/mol. The molecule has 38 heavy (non-hydrogen) atoms. The molecule has 6 bridgehead atoms. The van der Waals surface area contributed by atoms with E-state index in [1.165, 1.54) is 0 Å². The SMILES string of the molecule is CC1(C)CC(=O)C2=C(C1)C1(C#N)C3=NC4CCCC(N3C(=O)C3(C#N)C2CCCC13)N4c1ccc(Cl)cc1. The van der Waals surface area contributed by atoms with Crippen LogP contribution in [0.25, 0.3) is 0 Å². The third-order valence-electron chi connectivity index (χ3n) is 10.1. The number of carbonyl (C=O) groups excluding carboxylic acids is 2. The number of amides is 1. The lowest BCUT2D eigenvalue weighted by molar-refractivity contribution is -0.154. The van der Waals surface area contributed by atoms with Crippen molar-refractivity contribution in [2.75, 3.05) is 4.90 Å². The lowest BCUT2D eigenvalue weighted by atomic mass is 9.40. The van der Waals surface area contributed by atoms with Crippen molar-refractivity contribution < 1.29 is 9.59 Å². The van der Waals surface area contributed by atoms with Gasteiger partial charge in [-0.3, -0.25) is 14.5 Å². The Kier molecular flexibility index (Phi) is 4.85. The Morgan fingerprint density at radius 3 is 2.45 bits per heavy atom. The molecular formula is C30H30ClN5O2. The number of piperidine rings is 2. The zero-order valence-electron chi connectivity index (χ0n) is 21.7. The molecule has 0 radical (unpaired) electrons. The first kappa shape index (κ1) is 23.9. The number of Topliss-reactive ketones (excluding diaryl/α,β-unsaturated/α-hetero) is 1. The summed E-state index contributed by atoms with van der Waals surface area (Å²) in [6.45, 7) is 4.15. The quantitative estimate of drug-likeness (QED) is 0.488. The number of rotatable bonds is 1. The van der Waals surface area contributed by atoms with Crippen LogP contribution in [-0.2, 0) is 9.59 Å². The fourth-order valence-corrected chi connectivity index (χ4v) is 8.93. The number of carbonyl (C=O) groups is 2. The molecule has 7 rings (SSSR count). The van der Waals surface area contributed by atoms with Gasteiger partial charge in [0.2, 0.25) is 0 Å². The Morgan fingerprint density at radius 1 is 1.00 bits per heavy atom. The van der Waals surface area contributed by atoms with E-state index in [4.69, 9.17) is 16.6 Å². The zero-order chi connectivity index (χ0) is 26.6. The molecule has 1 saturated carbocycles. The molecule has 6 unspecified atom stereocenters. The van der Waals surface area contributed by atoms with E-state index >= 15 is 0 Å². The summed E-state index contributed by atoms with van der Waals surface area (Å²) >= 11 is 6.18. The summed E-state index contributed by atoms with van der Waals surface area (Å²) in [4.78, 5) is 37.6. The van der Waals surface area contributed by atoms with Gasteiger partial charge in [0.05, 0.1) is 12.1 Å². The number of hydrogen-bond acceptors (Lipinski definition) is 6. The van der Waals surface area contributed by atoms with E-state index in [1.807, 2.05) is 24.3 Å². The van der Waals surface area contributed by atoms with Crippen LogP contribution in [0.3, 0.4) is 0 Å². The second kappa shape index (κ2) is 7.70. The summed E-state index contributed by atoms with van der Waals surface area (Å²) in [5.74, 6) is -0.742. The summed E-state index contributed by atoms with van der Waals surface area (Å²) in [5.41, 5.74) is -0.614. The molecule has 0 aromatic heterocycles. The fraction of sp³-hybridized carbons (Fsp3) is 0.567. The molecule has 3 fully saturated rings. The Balaban J connectivity index is 1.53. The summed E-state index contributed by atoms with van der Waals surface area (Å²) in [5, 5.41) is 22.7. The van der Waals surface area contributed by atoms with Gasteiger partial charge in [0.1, 0.15) is 29.0 Å². The predicted octanol–water partition coefficient (Wildman–Crippen LogP) is 5.37. The maximum Gasteiger partial charge on any atom is 0.251 e. The van der Waals surface area contributed by atoms with Gasteiger partial charge in [-0.15, -0.1) is 0 Å². The summed E-state index contributed by atoms with van der Waals surface area (Å²) in [6, 6.07) is 12.7. The van der Waals surface area contributed by atoms with E-state index in [1.54, 1.807) is 4.90 Å². The van der Waals surface area contributed by atoms with E-state index < -0.39 is 22.7 Å². The monoisotopic (exact) mass is 527 g/mol. The molecule has 7 nitrogen and oxygen atoms in total. The van der Waals surface area contributed by atoms with Crippen LogP contribution in [-0.4, -0.2) is 34.8 Å². The molecule has 6 atom stereocenters. The van der Waals surface area contributed by atoms with Crippen LogP contribution in [0.15, 0.2) is 40.4 Å². The third kappa shape index (κ3) is 2.71. The van der Waals surface area contributed by atoms with Crippen molar-refractivity contribution in [3.63, 3.8) is 0 Å². The smallest absolute Gasteiger partial charge is 0.251 e. The van der Waals surface area contributed by atoms with Crippen molar-refractivity contribution in [1.82, 2.24) is 4.90 Å². The normalized spacial score (nSPS) is 38.5. The number of amidine groups is 1. The summed E-state index contributed by atoms with van der Waals surface area (Å²) < 4.78 is 0. The first-order valence-electron chi connectivity index (χ1n) is 13.7. The highest BCUT2D eigenvalue weighted by Crippen LogP contribution is 2.69. The van der Waals surface area contributed by atoms with Crippen LogP contribution in [0, 0.1) is 50.7 Å². The molecular weight excluding hydrogens is 498 g/mol. The molecule has 1 aromatic rings.